The minimum absolute atomic E-state index is 0.140. The third-order valence-electron chi connectivity index (χ3n) is 7.02. The summed E-state index contributed by atoms with van der Waals surface area (Å²) >= 11 is 0. The van der Waals surface area contributed by atoms with Crippen molar-refractivity contribution >= 4 is 0 Å². The molecule has 0 bridgehead atoms. The molecule has 0 N–H and O–H groups in total. The summed E-state index contributed by atoms with van der Waals surface area (Å²) in [4.78, 5) is 0. The van der Waals surface area contributed by atoms with Crippen molar-refractivity contribution in [3.63, 3.8) is 0 Å². The third kappa shape index (κ3) is 6.35. The van der Waals surface area contributed by atoms with Crippen LogP contribution >= 0.6 is 0 Å². The SMILES string of the molecule is COC(CCCCCCCCC(c1ccccc1)(c1ccccc1)c1ccccc1)(OC)OC. The van der Waals surface area contributed by atoms with E-state index in [1.54, 1.807) is 21.3 Å². The third-order valence-corrected chi connectivity index (χ3v) is 7.02. The van der Waals surface area contributed by atoms with Gasteiger partial charge in [-0.25, -0.2) is 0 Å². The van der Waals surface area contributed by atoms with E-state index < -0.39 is 5.97 Å². The summed E-state index contributed by atoms with van der Waals surface area (Å²) in [6, 6.07) is 33.0. The lowest BCUT2D eigenvalue weighted by Crippen LogP contribution is -2.35. The fraction of sp³-hybridized carbons (Fsp3) is 0.419. The second-order valence-electron chi connectivity index (χ2n) is 8.92. The summed E-state index contributed by atoms with van der Waals surface area (Å²) < 4.78 is 16.2. The molecule has 0 aliphatic heterocycles. The van der Waals surface area contributed by atoms with Gasteiger partial charge in [-0.05, 0) is 29.5 Å². The van der Waals surface area contributed by atoms with E-state index in [1.807, 2.05) is 0 Å². The Morgan fingerprint density at radius 2 is 0.765 bits per heavy atom. The molecule has 0 radical (unpaired) electrons. The first-order chi connectivity index (χ1) is 16.7. The van der Waals surface area contributed by atoms with Crippen LogP contribution in [0.25, 0.3) is 0 Å². The summed E-state index contributed by atoms with van der Waals surface area (Å²) in [7, 11) is 4.89. The van der Waals surface area contributed by atoms with Gasteiger partial charge in [-0.15, -0.1) is 0 Å². The van der Waals surface area contributed by atoms with Crippen LogP contribution in [-0.2, 0) is 19.6 Å². The molecule has 0 atom stereocenters. The quantitative estimate of drug-likeness (QED) is 0.132. The highest BCUT2D eigenvalue weighted by atomic mass is 16.9. The molecule has 0 aliphatic rings. The minimum Gasteiger partial charge on any atom is -0.331 e. The van der Waals surface area contributed by atoms with Crippen LogP contribution in [0.1, 0.15) is 68.1 Å². The molecule has 0 amide bonds. The Bertz CT molecular complexity index is 816. The molecule has 0 spiro atoms. The summed E-state index contributed by atoms with van der Waals surface area (Å²) in [5.74, 6) is -0.902. The molecule has 0 unspecified atom stereocenters. The van der Waals surface area contributed by atoms with Gasteiger partial charge in [0.25, 0.3) is 5.97 Å². The van der Waals surface area contributed by atoms with Crippen molar-refractivity contribution in [1.82, 2.24) is 0 Å². The normalized spacial score (nSPS) is 12.1. The van der Waals surface area contributed by atoms with E-state index in [1.165, 1.54) is 42.4 Å². The topological polar surface area (TPSA) is 27.7 Å². The van der Waals surface area contributed by atoms with E-state index in [2.05, 4.69) is 91.0 Å². The van der Waals surface area contributed by atoms with Crippen molar-refractivity contribution in [2.75, 3.05) is 21.3 Å². The van der Waals surface area contributed by atoms with E-state index in [9.17, 15) is 0 Å². The lowest BCUT2D eigenvalue weighted by molar-refractivity contribution is -0.355. The molecule has 0 fully saturated rings. The zero-order chi connectivity index (χ0) is 24.1. The van der Waals surface area contributed by atoms with Crippen molar-refractivity contribution in [3.05, 3.63) is 108 Å². The molecule has 3 heteroatoms. The van der Waals surface area contributed by atoms with Crippen LogP contribution in [0.3, 0.4) is 0 Å². The van der Waals surface area contributed by atoms with Crippen molar-refractivity contribution in [1.29, 1.82) is 0 Å². The molecular weight excluding hydrogens is 420 g/mol. The summed E-state index contributed by atoms with van der Waals surface area (Å²) in [5.41, 5.74) is 3.95. The van der Waals surface area contributed by atoms with E-state index in [-0.39, 0.29) is 5.41 Å². The average molecular weight is 461 g/mol. The van der Waals surface area contributed by atoms with E-state index in [0.29, 0.717) is 0 Å². The number of methoxy groups -OCH3 is 3. The van der Waals surface area contributed by atoms with Crippen LogP contribution < -0.4 is 0 Å². The molecule has 0 saturated heterocycles. The second-order valence-corrected chi connectivity index (χ2v) is 8.92. The highest BCUT2D eigenvalue weighted by Gasteiger charge is 2.35. The molecule has 3 aromatic carbocycles. The van der Waals surface area contributed by atoms with E-state index in [4.69, 9.17) is 14.2 Å². The average Bonchev–Trinajstić information content (AvgIpc) is 2.92. The van der Waals surface area contributed by atoms with Gasteiger partial charge in [0.2, 0.25) is 0 Å². The van der Waals surface area contributed by atoms with Crippen LogP contribution in [0, 0.1) is 0 Å². The van der Waals surface area contributed by atoms with Gasteiger partial charge in [0.1, 0.15) is 0 Å². The number of hydrogen-bond donors (Lipinski definition) is 0. The zero-order valence-electron chi connectivity index (χ0n) is 21.0. The van der Waals surface area contributed by atoms with Gasteiger partial charge >= 0.3 is 0 Å². The molecule has 3 rings (SSSR count). The van der Waals surface area contributed by atoms with Gasteiger partial charge < -0.3 is 14.2 Å². The van der Waals surface area contributed by atoms with Crippen LogP contribution in [0.2, 0.25) is 0 Å². The minimum atomic E-state index is -0.902. The van der Waals surface area contributed by atoms with Gasteiger partial charge in [-0.3, -0.25) is 0 Å². The fourth-order valence-electron chi connectivity index (χ4n) is 5.10. The van der Waals surface area contributed by atoms with E-state index >= 15 is 0 Å². The first-order valence-electron chi connectivity index (χ1n) is 12.5. The first-order valence-corrected chi connectivity index (χ1v) is 12.5. The highest BCUT2D eigenvalue weighted by molar-refractivity contribution is 5.50. The Morgan fingerprint density at radius 3 is 1.12 bits per heavy atom. The predicted molar refractivity (Wildman–Crippen MR) is 140 cm³/mol. The second kappa shape index (κ2) is 13.4. The number of hydrogen-bond acceptors (Lipinski definition) is 3. The lowest BCUT2D eigenvalue weighted by atomic mass is 9.66. The largest absolute Gasteiger partial charge is 0.331 e. The standard InChI is InChI=1S/C31H40O3/c1-32-31(33-2,34-3)26-18-7-5-4-6-17-25-30(27-19-11-8-12-20-27,28-21-13-9-14-22-28)29-23-15-10-16-24-29/h8-16,19-24H,4-7,17-18,25-26H2,1-3H3. The number of benzene rings is 3. The molecule has 0 aromatic heterocycles. The zero-order valence-corrected chi connectivity index (χ0v) is 21.0. The van der Waals surface area contributed by atoms with Gasteiger partial charge in [0.05, 0.1) is 0 Å². The van der Waals surface area contributed by atoms with Gasteiger partial charge in [0, 0.05) is 33.2 Å². The Hall–Kier alpha value is -2.46. The van der Waals surface area contributed by atoms with E-state index in [0.717, 1.165) is 25.7 Å². The van der Waals surface area contributed by atoms with Crippen LogP contribution in [0.5, 0.6) is 0 Å². The predicted octanol–water partition coefficient (Wildman–Crippen LogP) is 7.73. The molecule has 0 aliphatic carbocycles. The van der Waals surface area contributed by atoms with Crippen LogP contribution in [0.15, 0.2) is 91.0 Å². The Labute approximate surface area is 206 Å². The Balaban J connectivity index is 1.66. The molecule has 182 valence electrons. The smallest absolute Gasteiger partial charge is 0.282 e. The summed E-state index contributed by atoms with van der Waals surface area (Å²) in [5, 5.41) is 0. The summed E-state index contributed by atoms with van der Waals surface area (Å²) in [6.45, 7) is 0. The maximum absolute atomic E-state index is 5.40. The van der Waals surface area contributed by atoms with Crippen molar-refractivity contribution in [3.8, 4) is 0 Å². The molecule has 0 saturated carbocycles. The molecule has 3 nitrogen and oxygen atoms in total. The van der Waals surface area contributed by atoms with Crippen molar-refractivity contribution in [2.24, 2.45) is 0 Å². The molecular formula is C31H40O3. The number of unbranched alkanes of at least 4 members (excludes halogenated alkanes) is 5. The molecule has 3 aromatic rings. The van der Waals surface area contributed by atoms with Crippen molar-refractivity contribution in [2.45, 2.75) is 62.8 Å². The highest BCUT2D eigenvalue weighted by Crippen LogP contribution is 2.43. The fourth-order valence-corrected chi connectivity index (χ4v) is 5.10. The number of ether oxygens (including phenoxy) is 3. The molecule has 0 heterocycles. The summed E-state index contributed by atoms with van der Waals surface area (Å²) in [6.07, 6.45) is 8.85. The monoisotopic (exact) mass is 460 g/mol. The molecule has 34 heavy (non-hydrogen) atoms. The Kier molecular flexibility index (Phi) is 10.3. The lowest BCUT2D eigenvalue weighted by Gasteiger charge is -2.36. The maximum atomic E-state index is 5.40. The van der Waals surface area contributed by atoms with Crippen LogP contribution in [0.4, 0.5) is 0 Å². The van der Waals surface area contributed by atoms with Crippen LogP contribution in [-0.4, -0.2) is 27.3 Å². The number of rotatable bonds is 15. The maximum Gasteiger partial charge on any atom is 0.282 e. The van der Waals surface area contributed by atoms with Gasteiger partial charge in [0.15, 0.2) is 0 Å². The van der Waals surface area contributed by atoms with Gasteiger partial charge in [-0.1, -0.05) is 123 Å². The van der Waals surface area contributed by atoms with Gasteiger partial charge in [-0.2, -0.15) is 0 Å². The Morgan fingerprint density at radius 1 is 0.441 bits per heavy atom. The van der Waals surface area contributed by atoms with Crippen molar-refractivity contribution < 1.29 is 14.2 Å². The first kappa shape index (κ1) is 26.2.